The van der Waals surface area contributed by atoms with Gasteiger partial charge >= 0.3 is 5.69 Å². The summed E-state index contributed by atoms with van der Waals surface area (Å²) in [6, 6.07) is 17.7. The fourth-order valence-electron chi connectivity index (χ4n) is 6.05. The number of carbonyl (C=O) groups excluding carboxylic acids is 1. The number of aromatic nitrogens is 4. The van der Waals surface area contributed by atoms with Crippen molar-refractivity contribution in [3.63, 3.8) is 0 Å². The van der Waals surface area contributed by atoms with Crippen molar-refractivity contribution in [3.8, 4) is 5.69 Å². The van der Waals surface area contributed by atoms with Crippen molar-refractivity contribution in [3.05, 3.63) is 94.1 Å². The number of anilines is 2. The summed E-state index contributed by atoms with van der Waals surface area (Å²) in [5.41, 5.74) is 8.04. The topological polar surface area (TPSA) is 123 Å². The average Bonchev–Trinajstić information content (AvgIpc) is 3.65. The summed E-state index contributed by atoms with van der Waals surface area (Å²) < 4.78 is 7.04. The second-order valence-electron chi connectivity index (χ2n) is 10.7. The van der Waals surface area contributed by atoms with Gasteiger partial charge in [-0.3, -0.25) is 14.3 Å². The standard InChI is InChI=1S/C29H29N7O3/c30-23-11-14-35(28(38)31-23)21-7-4-8-22-25(21)29(12-15-34(16-13-29)17-19-5-2-1-3-6-19)27(37)36(22)18-24-32-26(33-39-24)20-9-10-20/h1-8,11,14,20H,9-10,12-13,15-18H2,(H2,30,31,38). The lowest BCUT2D eigenvalue weighted by molar-refractivity contribution is -0.125. The molecule has 10 nitrogen and oxygen atoms in total. The van der Waals surface area contributed by atoms with Crippen molar-refractivity contribution in [2.45, 2.75) is 50.1 Å². The normalized spacial score (nSPS) is 18.6. The van der Waals surface area contributed by atoms with Crippen molar-refractivity contribution < 1.29 is 9.32 Å². The van der Waals surface area contributed by atoms with Crippen LogP contribution in [0.15, 0.2) is 70.1 Å². The third-order valence-electron chi connectivity index (χ3n) is 8.21. The van der Waals surface area contributed by atoms with Crippen molar-refractivity contribution in [1.82, 2.24) is 24.6 Å². The molecule has 2 aliphatic heterocycles. The van der Waals surface area contributed by atoms with Crippen molar-refractivity contribution in [1.29, 1.82) is 0 Å². The van der Waals surface area contributed by atoms with E-state index in [0.717, 1.165) is 43.7 Å². The number of likely N-dealkylation sites (tertiary alicyclic amines) is 1. The molecule has 7 rings (SSSR count). The Balaban J connectivity index is 1.27. The molecule has 10 heteroatoms. The Labute approximate surface area is 225 Å². The highest BCUT2D eigenvalue weighted by atomic mass is 16.5. The first-order valence-corrected chi connectivity index (χ1v) is 13.4. The van der Waals surface area contributed by atoms with Crippen LogP contribution in [-0.2, 0) is 23.3 Å². The molecule has 1 spiro atoms. The van der Waals surface area contributed by atoms with Crippen LogP contribution in [0.5, 0.6) is 0 Å². The van der Waals surface area contributed by atoms with E-state index in [4.69, 9.17) is 10.3 Å². The number of benzene rings is 2. The first kappa shape index (κ1) is 23.8. The Morgan fingerprint density at radius 3 is 2.44 bits per heavy atom. The van der Waals surface area contributed by atoms with E-state index in [9.17, 15) is 9.59 Å². The molecule has 4 aromatic rings. The maximum Gasteiger partial charge on any atom is 0.354 e. The average molecular weight is 524 g/mol. The third-order valence-corrected chi connectivity index (χ3v) is 8.21. The number of piperidine rings is 1. The molecule has 2 N–H and O–H groups in total. The number of rotatable bonds is 6. The smallest absolute Gasteiger partial charge is 0.354 e. The molecule has 0 bridgehead atoms. The Morgan fingerprint density at radius 1 is 0.923 bits per heavy atom. The zero-order valence-electron chi connectivity index (χ0n) is 21.5. The number of nitrogen functional groups attached to an aromatic ring is 1. The van der Waals surface area contributed by atoms with Crippen LogP contribution in [0, 0.1) is 0 Å². The van der Waals surface area contributed by atoms with Crippen LogP contribution in [0.25, 0.3) is 5.69 Å². The first-order valence-electron chi connectivity index (χ1n) is 13.4. The SMILES string of the molecule is Nc1ccn(-c2cccc3c2C2(CCN(Cc4ccccc4)CC2)C(=O)N3Cc2nc(C3CC3)no2)c(=O)n1. The van der Waals surface area contributed by atoms with Crippen molar-refractivity contribution in [2.75, 3.05) is 23.7 Å². The summed E-state index contributed by atoms with van der Waals surface area (Å²) in [4.78, 5) is 40.0. The van der Waals surface area contributed by atoms with Gasteiger partial charge in [0.2, 0.25) is 11.8 Å². The summed E-state index contributed by atoms with van der Waals surface area (Å²) >= 11 is 0. The molecule has 2 aromatic heterocycles. The summed E-state index contributed by atoms with van der Waals surface area (Å²) in [6.45, 7) is 2.53. The van der Waals surface area contributed by atoms with Gasteiger partial charge in [0.15, 0.2) is 5.82 Å². The van der Waals surface area contributed by atoms with Gasteiger partial charge in [-0.15, -0.1) is 0 Å². The van der Waals surface area contributed by atoms with Gasteiger partial charge in [0.1, 0.15) is 12.4 Å². The van der Waals surface area contributed by atoms with Gasteiger partial charge in [-0.2, -0.15) is 9.97 Å². The van der Waals surface area contributed by atoms with Gasteiger partial charge in [0.25, 0.3) is 0 Å². The molecule has 0 atom stereocenters. The molecule has 1 aliphatic carbocycles. The van der Waals surface area contributed by atoms with E-state index in [0.29, 0.717) is 36.2 Å². The molecule has 198 valence electrons. The number of hydrogen-bond donors (Lipinski definition) is 1. The minimum Gasteiger partial charge on any atom is -0.383 e. The second-order valence-corrected chi connectivity index (χ2v) is 10.7. The molecule has 2 aromatic carbocycles. The lowest BCUT2D eigenvalue weighted by atomic mass is 9.73. The zero-order valence-corrected chi connectivity index (χ0v) is 21.5. The summed E-state index contributed by atoms with van der Waals surface area (Å²) in [7, 11) is 0. The van der Waals surface area contributed by atoms with Gasteiger partial charge in [0.05, 0.1) is 16.8 Å². The molecule has 1 amide bonds. The number of amides is 1. The monoisotopic (exact) mass is 523 g/mol. The van der Waals surface area contributed by atoms with E-state index in [2.05, 4.69) is 32.2 Å². The van der Waals surface area contributed by atoms with Gasteiger partial charge in [0, 0.05) is 24.2 Å². The molecule has 1 saturated carbocycles. The van der Waals surface area contributed by atoms with Crippen LogP contribution in [0.2, 0.25) is 0 Å². The minimum atomic E-state index is -0.778. The van der Waals surface area contributed by atoms with E-state index in [1.54, 1.807) is 17.2 Å². The van der Waals surface area contributed by atoms with Gasteiger partial charge < -0.3 is 15.2 Å². The summed E-state index contributed by atoms with van der Waals surface area (Å²) in [5, 5.41) is 4.14. The van der Waals surface area contributed by atoms with E-state index in [-0.39, 0.29) is 18.3 Å². The Kier molecular flexibility index (Phi) is 5.59. The molecular weight excluding hydrogens is 494 g/mol. The maximum absolute atomic E-state index is 14.4. The second kappa shape index (κ2) is 9.16. The Hall–Kier alpha value is -4.31. The van der Waals surface area contributed by atoms with Crippen LogP contribution >= 0.6 is 0 Å². The predicted molar refractivity (Wildman–Crippen MR) is 144 cm³/mol. The molecular formula is C29H29N7O3. The highest BCUT2D eigenvalue weighted by molar-refractivity contribution is 6.09. The van der Waals surface area contributed by atoms with E-state index >= 15 is 0 Å². The number of hydrogen-bond acceptors (Lipinski definition) is 8. The number of carbonyl (C=O) groups is 1. The maximum atomic E-state index is 14.4. The quantitative estimate of drug-likeness (QED) is 0.409. The third kappa shape index (κ3) is 4.11. The van der Waals surface area contributed by atoms with Gasteiger partial charge in [-0.1, -0.05) is 41.6 Å². The molecule has 0 unspecified atom stereocenters. The Bertz CT molecular complexity index is 1600. The predicted octanol–water partition coefficient (Wildman–Crippen LogP) is 3.16. The minimum absolute atomic E-state index is 0.00642. The first-order chi connectivity index (χ1) is 19.0. The number of fused-ring (bicyclic) bond motifs is 2. The lowest BCUT2D eigenvalue weighted by Gasteiger charge is -2.39. The van der Waals surface area contributed by atoms with Gasteiger partial charge in [-0.25, -0.2) is 4.79 Å². The molecule has 0 radical (unpaired) electrons. The van der Waals surface area contributed by atoms with Crippen LogP contribution < -0.4 is 16.3 Å². The van der Waals surface area contributed by atoms with Crippen LogP contribution in [-0.4, -0.2) is 43.6 Å². The summed E-state index contributed by atoms with van der Waals surface area (Å²) in [6.07, 6.45) is 5.04. The molecule has 3 aliphatic rings. The lowest BCUT2D eigenvalue weighted by Crippen LogP contribution is -2.48. The number of nitrogens with two attached hydrogens (primary N) is 1. The van der Waals surface area contributed by atoms with Crippen LogP contribution in [0.1, 0.15) is 54.4 Å². The van der Waals surface area contributed by atoms with Crippen molar-refractivity contribution in [2.24, 2.45) is 0 Å². The molecule has 1 saturated heterocycles. The number of nitrogens with zero attached hydrogens (tertiary/aromatic N) is 6. The Morgan fingerprint density at radius 2 is 1.69 bits per heavy atom. The van der Waals surface area contributed by atoms with Crippen molar-refractivity contribution >= 4 is 17.4 Å². The largest absolute Gasteiger partial charge is 0.383 e. The van der Waals surface area contributed by atoms with Gasteiger partial charge in [-0.05, 0) is 62.5 Å². The highest BCUT2D eigenvalue weighted by Gasteiger charge is 2.54. The van der Waals surface area contributed by atoms with Crippen LogP contribution in [0.3, 0.4) is 0 Å². The molecule has 39 heavy (non-hydrogen) atoms. The summed E-state index contributed by atoms with van der Waals surface area (Å²) in [5.74, 6) is 1.67. The van der Waals surface area contributed by atoms with E-state index < -0.39 is 11.1 Å². The molecule has 2 fully saturated rings. The fraction of sp³-hybridized carbons (Fsp3) is 0.345. The molecule has 4 heterocycles. The highest BCUT2D eigenvalue weighted by Crippen LogP contribution is 2.51. The van der Waals surface area contributed by atoms with E-state index in [1.807, 2.05) is 36.4 Å². The zero-order chi connectivity index (χ0) is 26.6. The van der Waals surface area contributed by atoms with Crippen LogP contribution in [0.4, 0.5) is 11.5 Å². The van der Waals surface area contributed by atoms with E-state index in [1.165, 1.54) is 10.1 Å². The fourth-order valence-corrected chi connectivity index (χ4v) is 6.05.